The molecule has 0 aliphatic carbocycles. The molecule has 0 aliphatic rings. The Labute approximate surface area is 134 Å². The minimum Gasteiger partial charge on any atom is -0.303 e. The average Bonchev–Trinajstić information content (AvgIpc) is 2.84. The fraction of sp³-hybridized carbons (Fsp3) is 0.333. The number of hydrogen-bond acceptors (Lipinski definition) is 2. The maximum atomic E-state index is 12.5. The van der Waals surface area contributed by atoms with Crippen molar-refractivity contribution in [1.82, 2.24) is 5.32 Å². The van der Waals surface area contributed by atoms with E-state index >= 15 is 0 Å². The largest absolute Gasteiger partial charge is 0.416 e. The molecule has 0 spiro atoms. The number of alkyl halides is 3. The highest BCUT2D eigenvalue weighted by molar-refractivity contribution is 9.11. The molecule has 1 aromatic heterocycles. The summed E-state index contributed by atoms with van der Waals surface area (Å²) in [6.45, 7) is 3.99. The highest BCUT2D eigenvalue weighted by Crippen LogP contribution is 2.31. The first-order valence-corrected chi connectivity index (χ1v) is 8.07. The summed E-state index contributed by atoms with van der Waals surface area (Å²) in [6, 6.07) is 9.43. The van der Waals surface area contributed by atoms with Crippen molar-refractivity contribution in [3.8, 4) is 0 Å². The molecule has 2 atom stereocenters. The Hall–Kier alpha value is -0.850. The maximum Gasteiger partial charge on any atom is 0.416 e. The molecular weight excluding hydrogens is 363 g/mol. The molecule has 0 aliphatic heterocycles. The van der Waals surface area contributed by atoms with Gasteiger partial charge in [0.2, 0.25) is 0 Å². The summed E-state index contributed by atoms with van der Waals surface area (Å²) in [5, 5.41) is 3.39. The number of rotatable bonds is 4. The summed E-state index contributed by atoms with van der Waals surface area (Å²) in [6.07, 6.45) is -4.29. The van der Waals surface area contributed by atoms with Crippen LogP contribution in [0.1, 0.15) is 41.9 Å². The van der Waals surface area contributed by atoms with E-state index < -0.39 is 11.7 Å². The van der Waals surface area contributed by atoms with E-state index in [0.717, 1.165) is 21.5 Å². The van der Waals surface area contributed by atoms with Crippen LogP contribution in [-0.4, -0.2) is 0 Å². The molecule has 2 aromatic rings. The van der Waals surface area contributed by atoms with Crippen molar-refractivity contribution < 1.29 is 13.2 Å². The minimum atomic E-state index is -4.29. The second-order valence-electron chi connectivity index (χ2n) is 4.87. The normalized spacial score (nSPS) is 15.0. The SMILES string of the molecule is CC(NC(C)c1ccc(Br)s1)c1ccc(C(F)(F)F)cc1. The standard InChI is InChI=1S/C15H15BrF3NS/c1-9(20-10(2)13-7-8-14(16)21-13)11-3-5-12(6-4-11)15(17,18)19/h3-10,20H,1-2H3. The number of thiophene rings is 1. The molecule has 0 saturated carbocycles. The van der Waals surface area contributed by atoms with E-state index in [2.05, 4.69) is 21.2 Å². The van der Waals surface area contributed by atoms with Crippen LogP contribution < -0.4 is 5.32 Å². The van der Waals surface area contributed by atoms with Gasteiger partial charge in [-0.2, -0.15) is 13.2 Å². The van der Waals surface area contributed by atoms with Crippen LogP contribution in [0.2, 0.25) is 0 Å². The van der Waals surface area contributed by atoms with Gasteiger partial charge >= 0.3 is 6.18 Å². The van der Waals surface area contributed by atoms with Gasteiger partial charge in [0.05, 0.1) is 9.35 Å². The molecule has 6 heteroatoms. The summed E-state index contributed by atoms with van der Waals surface area (Å²) in [7, 11) is 0. The zero-order valence-corrected chi connectivity index (χ0v) is 13.9. The number of benzene rings is 1. The highest BCUT2D eigenvalue weighted by Gasteiger charge is 2.30. The topological polar surface area (TPSA) is 12.0 Å². The molecule has 1 heterocycles. The predicted molar refractivity (Wildman–Crippen MR) is 83.4 cm³/mol. The van der Waals surface area contributed by atoms with Gasteiger partial charge in [-0.05, 0) is 59.6 Å². The van der Waals surface area contributed by atoms with Gasteiger partial charge in [0.1, 0.15) is 0 Å². The van der Waals surface area contributed by atoms with E-state index in [0.29, 0.717) is 0 Å². The van der Waals surface area contributed by atoms with Crippen molar-refractivity contribution in [1.29, 1.82) is 0 Å². The average molecular weight is 378 g/mol. The van der Waals surface area contributed by atoms with E-state index in [9.17, 15) is 13.2 Å². The van der Waals surface area contributed by atoms with E-state index in [1.165, 1.54) is 17.0 Å². The Kier molecular flexibility index (Phi) is 5.11. The molecule has 0 fully saturated rings. The lowest BCUT2D eigenvalue weighted by atomic mass is 10.0. The second-order valence-corrected chi connectivity index (χ2v) is 7.37. The van der Waals surface area contributed by atoms with Crippen LogP contribution >= 0.6 is 27.3 Å². The molecule has 0 bridgehead atoms. The Morgan fingerprint density at radius 3 is 2.10 bits per heavy atom. The fourth-order valence-electron chi connectivity index (χ4n) is 2.08. The lowest BCUT2D eigenvalue weighted by Crippen LogP contribution is -2.21. The first-order valence-electron chi connectivity index (χ1n) is 6.46. The molecule has 0 saturated heterocycles. The van der Waals surface area contributed by atoms with E-state index in [-0.39, 0.29) is 12.1 Å². The van der Waals surface area contributed by atoms with Crippen molar-refractivity contribution >= 4 is 27.3 Å². The summed E-state index contributed by atoms with van der Waals surface area (Å²) in [4.78, 5) is 1.18. The number of nitrogens with one attached hydrogen (secondary N) is 1. The Balaban J connectivity index is 2.04. The summed E-state index contributed by atoms with van der Waals surface area (Å²) >= 11 is 5.07. The van der Waals surface area contributed by atoms with Gasteiger partial charge in [0.25, 0.3) is 0 Å². The van der Waals surface area contributed by atoms with E-state index in [1.807, 2.05) is 26.0 Å². The van der Waals surface area contributed by atoms with Gasteiger partial charge in [0.15, 0.2) is 0 Å². The van der Waals surface area contributed by atoms with Crippen LogP contribution in [0.25, 0.3) is 0 Å². The van der Waals surface area contributed by atoms with Gasteiger partial charge in [0, 0.05) is 17.0 Å². The lowest BCUT2D eigenvalue weighted by molar-refractivity contribution is -0.137. The van der Waals surface area contributed by atoms with Crippen molar-refractivity contribution in [3.63, 3.8) is 0 Å². The van der Waals surface area contributed by atoms with Crippen molar-refractivity contribution in [2.45, 2.75) is 32.1 Å². The molecular formula is C15H15BrF3NS. The van der Waals surface area contributed by atoms with Gasteiger partial charge in [-0.25, -0.2) is 0 Å². The highest BCUT2D eigenvalue weighted by atomic mass is 79.9. The van der Waals surface area contributed by atoms with Gasteiger partial charge < -0.3 is 5.32 Å². The maximum absolute atomic E-state index is 12.5. The molecule has 2 rings (SSSR count). The molecule has 1 N–H and O–H groups in total. The van der Waals surface area contributed by atoms with Gasteiger partial charge in [-0.15, -0.1) is 11.3 Å². The van der Waals surface area contributed by atoms with Gasteiger partial charge in [-0.3, -0.25) is 0 Å². The van der Waals surface area contributed by atoms with E-state index in [4.69, 9.17) is 0 Å². The van der Waals surface area contributed by atoms with Crippen LogP contribution in [0.5, 0.6) is 0 Å². The lowest BCUT2D eigenvalue weighted by Gasteiger charge is -2.20. The van der Waals surface area contributed by atoms with Crippen LogP contribution in [0, 0.1) is 0 Å². The molecule has 114 valence electrons. The van der Waals surface area contributed by atoms with Gasteiger partial charge in [-0.1, -0.05) is 12.1 Å². The van der Waals surface area contributed by atoms with Crippen LogP contribution in [0.15, 0.2) is 40.2 Å². The zero-order valence-electron chi connectivity index (χ0n) is 11.5. The molecule has 2 unspecified atom stereocenters. The van der Waals surface area contributed by atoms with Crippen molar-refractivity contribution in [2.24, 2.45) is 0 Å². The van der Waals surface area contributed by atoms with E-state index in [1.54, 1.807) is 11.3 Å². The van der Waals surface area contributed by atoms with Crippen LogP contribution in [0.4, 0.5) is 13.2 Å². The molecule has 0 radical (unpaired) electrons. The Bertz CT molecular complexity index is 592. The monoisotopic (exact) mass is 377 g/mol. The summed E-state index contributed by atoms with van der Waals surface area (Å²) in [5.41, 5.74) is 0.221. The molecule has 21 heavy (non-hydrogen) atoms. The molecule has 1 aromatic carbocycles. The molecule has 0 amide bonds. The van der Waals surface area contributed by atoms with Crippen molar-refractivity contribution in [3.05, 3.63) is 56.2 Å². The van der Waals surface area contributed by atoms with Crippen LogP contribution in [-0.2, 0) is 6.18 Å². The first kappa shape index (κ1) is 16.5. The summed E-state index contributed by atoms with van der Waals surface area (Å²) < 4.78 is 38.7. The quantitative estimate of drug-likeness (QED) is 0.694. The first-order chi connectivity index (χ1) is 9.77. The van der Waals surface area contributed by atoms with Crippen LogP contribution in [0.3, 0.4) is 0 Å². The zero-order chi connectivity index (χ0) is 15.6. The smallest absolute Gasteiger partial charge is 0.303 e. The number of hydrogen-bond donors (Lipinski definition) is 1. The fourth-order valence-corrected chi connectivity index (χ4v) is 3.51. The summed E-state index contributed by atoms with van der Waals surface area (Å²) in [5.74, 6) is 0. The third-order valence-electron chi connectivity index (χ3n) is 3.26. The Morgan fingerprint density at radius 1 is 1.00 bits per heavy atom. The number of halogens is 4. The predicted octanol–water partition coefficient (Wildman–Crippen LogP) is 5.94. The minimum absolute atomic E-state index is 0.0249. The third-order valence-corrected chi connectivity index (χ3v) is 5.07. The second kappa shape index (κ2) is 6.50. The van der Waals surface area contributed by atoms with Crippen molar-refractivity contribution in [2.75, 3.05) is 0 Å². The molecule has 1 nitrogen and oxygen atoms in total. The third kappa shape index (κ3) is 4.31. The Morgan fingerprint density at radius 2 is 1.62 bits per heavy atom.